The SMILES string of the molecule is CC(NC(=O)CCS(=O)(=O)c1ccc2c(c1)CCC2)c1cc(F)c(Cl)cc1Cl. The first-order valence-electron chi connectivity index (χ1n) is 8.96. The second-order valence-electron chi connectivity index (χ2n) is 6.93. The van der Waals surface area contributed by atoms with Crippen LogP contribution in [0, 0.1) is 5.82 Å². The molecule has 0 bridgehead atoms. The Kier molecular flexibility index (Phi) is 6.32. The second kappa shape index (κ2) is 8.39. The van der Waals surface area contributed by atoms with E-state index in [-0.39, 0.29) is 27.1 Å². The Bertz CT molecular complexity index is 1020. The van der Waals surface area contributed by atoms with E-state index in [0.717, 1.165) is 30.9 Å². The van der Waals surface area contributed by atoms with Crippen molar-refractivity contribution in [2.24, 2.45) is 0 Å². The fourth-order valence-electron chi connectivity index (χ4n) is 3.35. The standard InChI is InChI=1S/C20H20Cl2FNO3S/c1-12(16-10-19(23)18(22)11-17(16)21)24-20(25)7-8-28(26,27)15-6-5-13-3-2-4-14(13)9-15/h5-6,9-12H,2-4,7-8H2,1H3,(H,24,25). The lowest BCUT2D eigenvalue weighted by Crippen LogP contribution is -2.28. The van der Waals surface area contributed by atoms with Gasteiger partial charge in [0.2, 0.25) is 5.91 Å². The quantitative estimate of drug-likeness (QED) is 0.660. The van der Waals surface area contributed by atoms with Crippen LogP contribution in [-0.2, 0) is 27.5 Å². The highest BCUT2D eigenvalue weighted by Crippen LogP contribution is 2.29. The molecule has 8 heteroatoms. The summed E-state index contributed by atoms with van der Waals surface area (Å²) in [5.74, 6) is -1.39. The van der Waals surface area contributed by atoms with Crippen molar-refractivity contribution in [1.29, 1.82) is 0 Å². The van der Waals surface area contributed by atoms with Gasteiger partial charge in [-0.1, -0.05) is 29.3 Å². The predicted molar refractivity (Wildman–Crippen MR) is 108 cm³/mol. The summed E-state index contributed by atoms with van der Waals surface area (Å²) in [5.41, 5.74) is 2.63. The summed E-state index contributed by atoms with van der Waals surface area (Å²) in [6.45, 7) is 1.64. The molecule has 28 heavy (non-hydrogen) atoms. The Morgan fingerprint density at radius 1 is 1.14 bits per heavy atom. The van der Waals surface area contributed by atoms with Crippen LogP contribution in [0.2, 0.25) is 10.0 Å². The number of carbonyl (C=O) groups is 1. The molecule has 1 unspecified atom stereocenters. The van der Waals surface area contributed by atoms with Crippen LogP contribution in [0.1, 0.15) is 42.5 Å². The Balaban J connectivity index is 1.63. The molecule has 0 saturated carbocycles. The van der Waals surface area contributed by atoms with Crippen molar-refractivity contribution in [2.75, 3.05) is 5.75 Å². The van der Waals surface area contributed by atoms with Crippen molar-refractivity contribution >= 4 is 38.9 Å². The molecule has 0 fully saturated rings. The van der Waals surface area contributed by atoms with Crippen LogP contribution in [0.5, 0.6) is 0 Å². The lowest BCUT2D eigenvalue weighted by Gasteiger charge is -2.16. The summed E-state index contributed by atoms with van der Waals surface area (Å²) in [4.78, 5) is 12.5. The minimum absolute atomic E-state index is 0.104. The smallest absolute Gasteiger partial charge is 0.221 e. The van der Waals surface area contributed by atoms with E-state index in [1.165, 1.54) is 11.6 Å². The van der Waals surface area contributed by atoms with Gasteiger partial charge in [-0.15, -0.1) is 0 Å². The molecule has 4 nitrogen and oxygen atoms in total. The van der Waals surface area contributed by atoms with Crippen LogP contribution in [0.25, 0.3) is 0 Å². The van der Waals surface area contributed by atoms with Gasteiger partial charge in [-0.05, 0) is 67.1 Å². The zero-order valence-electron chi connectivity index (χ0n) is 15.3. The molecular formula is C20H20Cl2FNO3S. The van der Waals surface area contributed by atoms with Gasteiger partial charge in [-0.25, -0.2) is 12.8 Å². The zero-order chi connectivity index (χ0) is 20.5. The number of halogens is 3. The van der Waals surface area contributed by atoms with E-state index >= 15 is 0 Å². The summed E-state index contributed by atoms with van der Waals surface area (Å²) < 4.78 is 38.8. The number of sulfone groups is 1. The van der Waals surface area contributed by atoms with Gasteiger partial charge >= 0.3 is 0 Å². The first-order valence-corrected chi connectivity index (χ1v) is 11.4. The van der Waals surface area contributed by atoms with Crippen molar-refractivity contribution in [3.05, 3.63) is 62.9 Å². The molecule has 0 radical (unpaired) electrons. The van der Waals surface area contributed by atoms with Gasteiger partial charge in [-0.2, -0.15) is 0 Å². The van der Waals surface area contributed by atoms with Crippen LogP contribution in [0.4, 0.5) is 4.39 Å². The van der Waals surface area contributed by atoms with E-state index in [4.69, 9.17) is 23.2 Å². The summed E-state index contributed by atoms with van der Waals surface area (Å²) in [7, 11) is -3.56. The monoisotopic (exact) mass is 443 g/mol. The molecule has 0 aromatic heterocycles. The molecule has 1 atom stereocenters. The number of aryl methyl sites for hydroxylation is 2. The molecule has 1 amide bonds. The summed E-state index contributed by atoms with van der Waals surface area (Å²) in [6.07, 6.45) is 2.70. The maximum absolute atomic E-state index is 13.7. The van der Waals surface area contributed by atoms with Crippen molar-refractivity contribution in [3.63, 3.8) is 0 Å². The fraction of sp³-hybridized carbons (Fsp3) is 0.350. The molecular weight excluding hydrogens is 424 g/mol. The molecule has 1 aliphatic carbocycles. The first kappa shape index (κ1) is 21.1. The fourth-order valence-corrected chi connectivity index (χ4v) is 5.18. The lowest BCUT2D eigenvalue weighted by atomic mass is 10.1. The number of amides is 1. The number of benzene rings is 2. The summed E-state index contributed by atoms with van der Waals surface area (Å²) in [6, 6.07) is 7.03. The molecule has 0 aliphatic heterocycles. The Morgan fingerprint density at radius 2 is 1.86 bits per heavy atom. The number of fused-ring (bicyclic) bond motifs is 1. The highest BCUT2D eigenvalue weighted by Gasteiger charge is 2.21. The van der Waals surface area contributed by atoms with Crippen molar-refractivity contribution < 1.29 is 17.6 Å². The highest BCUT2D eigenvalue weighted by atomic mass is 35.5. The van der Waals surface area contributed by atoms with Crippen LogP contribution in [0.3, 0.4) is 0 Å². The summed E-state index contributed by atoms with van der Waals surface area (Å²) in [5, 5.41) is 2.77. The van der Waals surface area contributed by atoms with Gasteiger partial charge in [-0.3, -0.25) is 4.79 Å². The molecule has 0 saturated heterocycles. The lowest BCUT2D eigenvalue weighted by molar-refractivity contribution is -0.121. The average molecular weight is 444 g/mol. The van der Waals surface area contributed by atoms with Crippen molar-refractivity contribution in [3.8, 4) is 0 Å². The molecule has 0 spiro atoms. The van der Waals surface area contributed by atoms with E-state index in [9.17, 15) is 17.6 Å². The molecule has 2 aromatic rings. The van der Waals surface area contributed by atoms with Crippen LogP contribution in [0.15, 0.2) is 35.2 Å². The minimum atomic E-state index is -3.56. The number of rotatable bonds is 6. The van der Waals surface area contributed by atoms with Gasteiger partial charge in [0.05, 0.1) is 21.7 Å². The Morgan fingerprint density at radius 3 is 2.61 bits per heavy atom. The molecule has 2 aromatic carbocycles. The number of carbonyl (C=O) groups excluding carboxylic acids is 1. The number of hydrogen-bond acceptors (Lipinski definition) is 3. The van der Waals surface area contributed by atoms with Crippen molar-refractivity contribution in [2.45, 2.75) is 43.5 Å². The molecule has 150 valence electrons. The third kappa shape index (κ3) is 4.67. The van der Waals surface area contributed by atoms with Gasteiger partial charge < -0.3 is 5.32 Å². The maximum Gasteiger partial charge on any atom is 0.221 e. The van der Waals surface area contributed by atoms with E-state index in [0.29, 0.717) is 5.56 Å². The number of hydrogen-bond donors (Lipinski definition) is 1. The molecule has 0 heterocycles. The third-order valence-electron chi connectivity index (χ3n) is 4.91. The second-order valence-corrected chi connectivity index (χ2v) is 9.85. The predicted octanol–water partition coefficient (Wildman–Crippen LogP) is 4.66. The zero-order valence-corrected chi connectivity index (χ0v) is 17.6. The van der Waals surface area contributed by atoms with Gasteiger partial charge in [0.1, 0.15) is 5.82 Å². The maximum atomic E-state index is 13.7. The average Bonchev–Trinajstić information content (AvgIpc) is 3.11. The van der Waals surface area contributed by atoms with Crippen LogP contribution in [-0.4, -0.2) is 20.1 Å². The topological polar surface area (TPSA) is 63.2 Å². The normalized spacial score (nSPS) is 14.6. The Labute approximate surface area is 174 Å². The molecule has 3 rings (SSSR count). The van der Waals surface area contributed by atoms with Gasteiger partial charge in [0.15, 0.2) is 9.84 Å². The third-order valence-corrected chi connectivity index (χ3v) is 7.24. The van der Waals surface area contributed by atoms with Gasteiger partial charge in [0, 0.05) is 11.4 Å². The molecule has 1 N–H and O–H groups in total. The highest BCUT2D eigenvalue weighted by molar-refractivity contribution is 7.91. The van der Waals surface area contributed by atoms with E-state index in [2.05, 4.69) is 5.32 Å². The largest absolute Gasteiger partial charge is 0.349 e. The van der Waals surface area contributed by atoms with E-state index in [1.54, 1.807) is 19.1 Å². The van der Waals surface area contributed by atoms with Crippen LogP contribution < -0.4 is 5.32 Å². The number of nitrogens with one attached hydrogen (secondary N) is 1. The van der Waals surface area contributed by atoms with Crippen molar-refractivity contribution in [1.82, 2.24) is 5.32 Å². The first-order chi connectivity index (χ1) is 13.2. The molecule has 1 aliphatic rings. The minimum Gasteiger partial charge on any atom is -0.349 e. The van der Waals surface area contributed by atoms with Gasteiger partial charge in [0.25, 0.3) is 0 Å². The van der Waals surface area contributed by atoms with Crippen LogP contribution >= 0.6 is 23.2 Å². The Hall–Kier alpha value is -1.63. The van der Waals surface area contributed by atoms with E-state index in [1.807, 2.05) is 6.07 Å². The van der Waals surface area contributed by atoms with E-state index < -0.39 is 27.6 Å². The summed E-state index contributed by atoms with van der Waals surface area (Å²) >= 11 is 11.7.